The van der Waals surface area contributed by atoms with Crippen LogP contribution in [-0.2, 0) is 0 Å². The number of amides is 1. The molecule has 25 heavy (non-hydrogen) atoms. The zero-order chi connectivity index (χ0) is 17.6. The molecule has 2 heterocycles. The number of anilines is 1. The summed E-state index contributed by atoms with van der Waals surface area (Å²) in [4.78, 5) is 23.6. The molecule has 0 radical (unpaired) electrons. The maximum Gasteiger partial charge on any atom is 0.256 e. The monoisotopic (exact) mass is 342 g/mol. The van der Waals surface area contributed by atoms with Gasteiger partial charge in [-0.15, -0.1) is 0 Å². The lowest BCUT2D eigenvalue weighted by Gasteiger charge is -2.29. The molecule has 1 aliphatic rings. The van der Waals surface area contributed by atoms with Crippen molar-refractivity contribution in [2.24, 2.45) is 0 Å². The minimum atomic E-state index is -0.296. The van der Waals surface area contributed by atoms with Gasteiger partial charge in [-0.25, -0.2) is 14.4 Å². The van der Waals surface area contributed by atoms with Crippen LogP contribution in [0.1, 0.15) is 43.0 Å². The van der Waals surface area contributed by atoms with Gasteiger partial charge in [0.15, 0.2) is 5.82 Å². The molecule has 0 unspecified atom stereocenters. The first-order chi connectivity index (χ1) is 12.2. The molecule has 1 aromatic heterocycles. The Morgan fingerprint density at radius 3 is 2.60 bits per heavy atom. The highest BCUT2D eigenvalue weighted by Crippen LogP contribution is 2.25. The Bertz CT molecular complexity index is 727. The van der Waals surface area contributed by atoms with Crippen LogP contribution in [0.15, 0.2) is 30.5 Å². The third kappa shape index (κ3) is 4.13. The summed E-state index contributed by atoms with van der Waals surface area (Å²) in [7, 11) is 0. The molecular formula is C19H23FN4O. The zero-order valence-corrected chi connectivity index (χ0v) is 14.5. The van der Waals surface area contributed by atoms with Crippen LogP contribution in [0.4, 0.5) is 10.2 Å². The normalized spacial score (nSPS) is 14.4. The molecule has 1 N–H and O–H groups in total. The van der Waals surface area contributed by atoms with Gasteiger partial charge in [0.2, 0.25) is 0 Å². The standard InChI is InChI=1S/C19H23FN4O/c1-2-10-21-19(25)16-13-22-17(14-6-8-15(20)9-7-14)23-18(16)24-11-4-3-5-12-24/h6-9,13H,2-5,10-12H2,1H3,(H,21,25). The second-order valence-corrected chi connectivity index (χ2v) is 6.24. The minimum Gasteiger partial charge on any atom is -0.356 e. The molecule has 1 aliphatic heterocycles. The van der Waals surface area contributed by atoms with Crippen LogP contribution in [-0.4, -0.2) is 35.5 Å². The van der Waals surface area contributed by atoms with E-state index >= 15 is 0 Å². The van der Waals surface area contributed by atoms with Gasteiger partial charge in [-0.1, -0.05) is 6.92 Å². The molecular weight excluding hydrogens is 319 g/mol. The molecule has 1 saturated heterocycles. The SMILES string of the molecule is CCCNC(=O)c1cnc(-c2ccc(F)cc2)nc1N1CCCCC1. The summed E-state index contributed by atoms with van der Waals surface area (Å²) in [5, 5.41) is 2.90. The second-order valence-electron chi connectivity index (χ2n) is 6.24. The molecule has 6 heteroatoms. The molecule has 0 atom stereocenters. The van der Waals surface area contributed by atoms with Crippen LogP contribution < -0.4 is 10.2 Å². The van der Waals surface area contributed by atoms with Crippen molar-refractivity contribution in [3.05, 3.63) is 41.8 Å². The van der Waals surface area contributed by atoms with Gasteiger partial charge in [0.1, 0.15) is 17.2 Å². The highest BCUT2D eigenvalue weighted by molar-refractivity contribution is 5.98. The van der Waals surface area contributed by atoms with Crippen LogP contribution in [0.25, 0.3) is 11.4 Å². The Hall–Kier alpha value is -2.50. The average molecular weight is 342 g/mol. The number of benzene rings is 1. The molecule has 3 rings (SSSR count). The number of nitrogens with one attached hydrogen (secondary N) is 1. The number of halogens is 1. The summed E-state index contributed by atoms with van der Waals surface area (Å²) >= 11 is 0. The summed E-state index contributed by atoms with van der Waals surface area (Å²) in [6.07, 6.45) is 5.83. The van der Waals surface area contributed by atoms with Crippen LogP contribution in [0, 0.1) is 5.82 Å². The quantitative estimate of drug-likeness (QED) is 0.905. The number of rotatable bonds is 5. The van der Waals surface area contributed by atoms with Crippen molar-refractivity contribution in [3.63, 3.8) is 0 Å². The van der Waals surface area contributed by atoms with Crippen molar-refractivity contribution in [3.8, 4) is 11.4 Å². The summed E-state index contributed by atoms with van der Waals surface area (Å²) in [6.45, 7) is 4.40. The molecule has 0 bridgehead atoms. The Labute approximate surface area is 147 Å². The molecule has 132 valence electrons. The lowest BCUT2D eigenvalue weighted by molar-refractivity contribution is 0.0953. The highest BCUT2D eigenvalue weighted by atomic mass is 19.1. The molecule has 0 aliphatic carbocycles. The summed E-state index contributed by atoms with van der Waals surface area (Å²) in [5.41, 5.74) is 1.24. The Kier molecular flexibility index (Phi) is 5.58. The maximum absolute atomic E-state index is 13.2. The van der Waals surface area contributed by atoms with Gasteiger partial charge in [0.25, 0.3) is 5.91 Å². The molecule has 1 amide bonds. The third-order valence-electron chi connectivity index (χ3n) is 4.31. The van der Waals surface area contributed by atoms with E-state index in [2.05, 4.69) is 20.2 Å². The fourth-order valence-electron chi connectivity index (χ4n) is 2.95. The van der Waals surface area contributed by atoms with E-state index in [1.165, 1.54) is 18.6 Å². The number of hydrogen-bond acceptors (Lipinski definition) is 4. The third-order valence-corrected chi connectivity index (χ3v) is 4.31. The fraction of sp³-hybridized carbons (Fsp3) is 0.421. The fourth-order valence-corrected chi connectivity index (χ4v) is 2.95. The predicted molar refractivity (Wildman–Crippen MR) is 96.1 cm³/mol. The number of piperidine rings is 1. The molecule has 2 aromatic rings. The van der Waals surface area contributed by atoms with Crippen molar-refractivity contribution in [1.29, 1.82) is 0 Å². The van der Waals surface area contributed by atoms with E-state index in [1.807, 2.05) is 6.92 Å². The van der Waals surface area contributed by atoms with E-state index in [4.69, 9.17) is 0 Å². The Morgan fingerprint density at radius 2 is 1.92 bits per heavy atom. The van der Waals surface area contributed by atoms with Crippen LogP contribution in [0.2, 0.25) is 0 Å². The first-order valence-electron chi connectivity index (χ1n) is 8.85. The van der Waals surface area contributed by atoms with Crippen molar-refractivity contribution in [2.45, 2.75) is 32.6 Å². The first-order valence-corrected chi connectivity index (χ1v) is 8.85. The maximum atomic E-state index is 13.2. The van der Waals surface area contributed by atoms with E-state index in [0.29, 0.717) is 23.8 Å². The summed E-state index contributed by atoms with van der Waals surface area (Å²) < 4.78 is 13.2. The van der Waals surface area contributed by atoms with Crippen molar-refractivity contribution in [2.75, 3.05) is 24.5 Å². The van der Waals surface area contributed by atoms with Crippen LogP contribution in [0.3, 0.4) is 0 Å². The number of nitrogens with zero attached hydrogens (tertiary/aromatic N) is 3. The zero-order valence-electron chi connectivity index (χ0n) is 14.5. The van der Waals surface area contributed by atoms with Gasteiger partial charge >= 0.3 is 0 Å². The lowest BCUT2D eigenvalue weighted by Crippen LogP contribution is -2.34. The van der Waals surface area contributed by atoms with E-state index in [0.717, 1.165) is 37.9 Å². The van der Waals surface area contributed by atoms with E-state index in [9.17, 15) is 9.18 Å². The average Bonchev–Trinajstić information content (AvgIpc) is 2.67. The largest absolute Gasteiger partial charge is 0.356 e. The predicted octanol–water partition coefficient (Wildman–Crippen LogP) is 3.41. The molecule has 1 aromatic carbocycles. The van der Waals surface area contributed by atoms with E-state index < -0.39 is 0 Å². The van der Waals surface area contributed by atoms with Crippen molar-refractivity contribution in [1.82, 2.24) is 15.3 Å². The van der Waals surface area contributed by atoms with Gasteiger partial charge in [-0.3, -0.25) is 4.79 Å². The van der Waals surface area contributed by atoms with Crippen molar-refractivity contribution < 1.29 is 9.18 Å². The van der Waals surface area contributed by atoms with Gasteiger partial charge in [0, 0.05) is 31.4 Å². The Morgan fingerprint density at radius 1 is 1.20 bits per heavy atom. The summed E-state index contributed by atoms with van der Waals surface area (Å²) in [5.74, 6) is 0.735. The molecule has 1 fully saturated rings. The van der Waals surface area contributed by atoms with Gasteiger partial charge in [-0.2, -0.15) is 0 Å². The minimum absolute atomic E-state index is 0.145. The topological polar surface area (TPSA) is 58.1 Å². The van der Waals surface area contributed by atoms with Gasteiger partial charge in [0.05, 0.1) is 0 Å². The second kappa shape index (κ2) is 8.05. The van der Waals surface area contributed by atoms with E-state index in [-0.39, 0.29) is 11.7 Å². The number of aromatic nitrogens is 2. The number of carbonyl (C=O) groups excluding carboxylic acids is 1. The van der Waals surface area contributed by atoms with Crippen LogP contribution in [0.5, 0.6) is 0 Å². The lowest BCUT2D eigenvalue weighted by atomic mass is 10.1. The van der Waals surface area contributed by atoms with Crippen LogP contribution >= 0.6 is 0 Å². The number of hydrogen-bond donors (Lipinski definition) is 1. The smallest absolute Gasteiger partial charge is 0.256 e. The Balaban J connectivity index is 1.97. The molecule has 5 nitrogen and oxygen atoms in total. The van der Waals surface area contributed by atoms with Gasteiger partial charge < -0.3 is 10.2 Å². The van der Waals surface area contributed by atoms with E-state index in [1.54, 1.807) is 18.3 Å². The summed E-state index contributed by atoms with van der Waals surface area (Å²) in [6, 6.07) is 6.09. The highest BCUT2D eigenvalue weighted by Gasteiger charge is 2.21. The van der Waals surface area contributed by atoms with Crippen molar-refractivity contribution >= 4 is 11.7 Å². The molecule has 0 saturated carbocycles. The first kappa shape index (κ1) is 17.3. The number of carbonyl (C=O) groups is 1. The van der Waals surface area contributed by atoms with Gasteiger partial charge in [-0.05, 0) is 49.9 Å². The molecule has 0 spiro atoms.